The summed E-state index contributed by atoms with van der Waals surface area (Å²) in [5.41, 5.74) is 3.94. The molecular weight excluding hydrogens is 390 g/mol. The van der Waals surface area contributed by atoms with Gasteiger partial charge >= 0.3 is 5.63 Å². The van der Waals surface area contributed by atoms with Gasteiger partial charge in [0.05, 0.1) is 6.26 Å². The lowest BCUT2D eigenvalue weighted by molar-refractivity contribution is -0.132. The molecule has 2 atom stereocenters. The summed E-state index contributed by atoms with van der Waals surface area (Å²) in [6, 6.07) is 4.14. The van der Waals surface area contributed by atoms with Gasteiger partial charge in [0, 0.05) is 41.4 Å². The lowest BCUT2D eigenvalue weighted by Gasteiger charge is -2.39. The smallest absolute Gasteiger partial charge is 0.339 e. The molecule has 1 aliphatic carbocycles. The number of likely N-dealkylation sites (tertiary alicyclic amines) is 1. The number of furan rings is 1. The highest BCUT2D eigenvalue weighted by Crippen LogP contribution is 2.52. The molecule has 2 aromatic heterocycles. The number of carbonyl (C=O) groups excluding carboxylic acids is 1. The molecule has 2 fully saturated rings. The fraction of sp³-hybridized carbons (Fsp3) is 0.538. The molecule has 0 unspecified atom stereocenters. The number of aryl methyl sites for hydroxylation is 2. The van der Waals surface area contributed by atoms with Gasteiger partial charge in [0.1, 0.15) is 11.2 Å². The average Bonchev–Trinajstić information content (AvgIpc) is 3.15. The minimum Gasteiger partial charge on any atom is -0.464 e. The van der Waals surface area contributed by atoms with E-state index in [0.717, 1.165) is 47.7 Å². The molecule has 5 rings (SSSR count). The van der Waals surface area contributed by atoms with E-state index in [4.69, 9.17) is 8.83 Å². The van der Waals surface area contributed by atoms with Crippen molar-refractivity contribution in [1.82, 2.24) is 4.90 Å². The summed E-state index contributed by atoms with van der Waals surface area (Å²) in [6.45, 7) is 11.7. The molecule has 3 aromatic rings. The first kappa shape index (κ1) is 20.3. The summed E-state index contributed by atoms with van der Waals surface area (Å²) in [5.74, 6) is 0.159. The Morgan fingerprint density at radius 3 is 2.68 bits per heavy atom. The zero-order chi connectivity index (χ0) is 22.1. The van der Waals surface area contributed by atoms with Crippen LogP contribution in [0.2, 0.25) is 0 Å². The number of carbonyl (C=O) groups is 1. The molecule has 0 N–H and O–H groups in total. The monoisotopic (exact) mass is 421 g/mol. The molecule has 0 radical (unpaired) electrons. The number of rotatable bonds is 3. The van der Waals surface area contributed by atoms with E-state index in [-0.39, 0.29) is 22.4 Å². The summed E-state index contributed by atoms with van der Waals surface area (Å²) in [5, 5.41) is 1.93. The Morgan fingerprint density at radius 1 is 1.13 bits per heavy atom. The molecule has 3 heterocycles. The third-order valence-corrected chi connectivity index (χ3v) is 7.50. The number of nitrogens with zero attached hydrogens (tertiary/aromatic N) is 1. The van der Waals surface area contributed by atoms with E-state index in [1.807, 2.05) is 19.9 Å². The summed E-state index contributed by atoms with van der Waals surface area (Å²) < 4.78 is 11.2. The summed E-state index contributed by atoms with van der Waals surface area (Å²) in [6.07, 6.45) is 5.79. The van der Waals surface area contributed by atoms with Gasteiger partial charge in [-0.3, -0.25) is 4.79 Å². The van der Waals surface area contributed by atoms with Crippen LogP contribution < -0.4 is 5.63 Å². The first-order valence-corrected chi connectivity index (χ1v) is 11.3. The van der Waals surface area contributed by atoms with Crippen LogP contribution in [0.3, 0.4) is 0 Å². The lowest BCUT2D eigenvalue weighted by Crippen LogP contribution is -2.38. The van der Waals surface area contributed by atoms with Crippen molar-refractivity contribution in [2.45, 2.75) is 72.8 Å². The van der Waals surface area contributed by atoms with Gasteiger partial charge in [0.2, 0.25) is 5.91 Å². The molecule has 2 bridgehead atoms. The predicted molar refractivity (Wildman–Crippen MR) is 121 cm³/mol. The Balaban J connectivity index is 1.41. The lowest BCUT2D eigenvalue weighted by atomic mass is 9.65. The van der Waals surface area contributed by atoms with Crippen LogP contribution in [0.25, 0.3) is 21.9 Å². The second kappa shape index (κ2) is 6.72. The van der Waals surface area contributed by atoms with Crippen molar-refractivity contribution >= 4 is 27.8 Å². The highest BCUT2D eigenvalue weighted by Gasteiger charge is 2.50. The Labute approximate surface area is 182 Å². The van der Waals surface area contributed by atoms with E-state index in [1.54, 1.807) is 12.3 Å². The van der Waals surface area contributed by atoms with E-state index < -0.39 is 0 Å². The fourth-order valence-corrected chi connectivity index (χ4v) is 6.45. The molecule has 5 heteroatoms. The summed E-state index contributed by atoms with van der Waals surface area (Å²) in [4.78, 5) is 28.0. The first-order valence-electron chi connectivity index (χ1n) is 11.3. The average molecular weight is 422 g/mol. The van der Waals surface area contributed by atoms with E-state index in [0.29, 0.717) is 35.6 Å². The largest absolute Gasteiger partial charge is 0.464 e. The molecule has 5 nitrogen and oxygen atoms in total. The number of fused-ring (bicyclic) bond motifs is 4. The van der Waals surface area contributed by atoms with Crippen molar-refractivity contribution in [3.8, 4) is 0 Å². The van der Waals surface area contributed by atoms with Gasteiger partial charge < -0.3 is 13.7 Å². The van der Waals surface area contributed by atoms with Crippen LogP contribution in [0.4, 0.5) is 0 Å². The van der Waals surface area contributed by atoms with E-state index in [2.05, 4.69) is 25.7 Å². The zero-order valence-corrected chi connectivity index (χ0v) is 19.1. The van der Waals surface area contributed by atoms with Gasteiger partial charge in [-0.2, -0.15) is 0 Å². The topological polar surface area (TPSA) is 63.7 Å². The molecule has 1 amide bonds. The molecule has 1 saturated carbocycles. The van der Waals surface area contributed by atoms with E-state index in [9.17, 15) is 9.59 Å². The number of hydrogen-bond donors (Lipinski definition) is 0. The van der Waals surface area contributed by atoms with Crippen molar-refractivity contribution in [2.24, 2.45) is 10.8 Å². The molecule has 1 saturated heterocycles. The molecule has 2 aliphatic rings. The zero-order valence-electron chi connectivity index (χ0n) is 19.1. The fourth-order valence-electron chi connectivity index (χ4n) is 6.45. The maximum Gasteiger partial charge on any atom is 0.339 e. The quantitative estimate of drug-likeness (QED) is 0.523. The maximum absolute atomic E-state index is 13.2. The van der Waals surface area contributed by atoms with Crippen LogP contribution in [-0.4, -0.2) is 23.4 Å². The van der Waals surface area contributed by atoms with E-state index >= 15 is 0 Å². The summed E-state index contributed by atoms with van der Waals surface area (Å²) >= 11 is 0. The molecule has 0 spiro atoms. The van der Waals surface area contributed by atoms with Crippen molar-refractivity contribution in [3.63, 3.8) is 0 Å². The molecular formula is C26H31NO4. The van der Waals surface area contributed by atoms with Gasteiger partial charge in [-0.1, -0.05) is 20.8 Å². The van der Waals surface area contributed by atoms with Crippen LogP contribution in [0, 0.1) is 24.7 Å². The Bertz CT molecular complexity index is 1260. The second-order valence-corrected chi connectivity index (χ2v) is 11.0. The maximum atomic E-state index is 13.2. The normalized spacial score (nSPS) is 24.9. The molecule has 31 heavy (non-hydrogen) atoms. The summed E-state index contributed by atoms with van der Waals surface area (Å²) in [7, 11) is 0. The third kappa shape index (κ3) is 3.38. The first-order chi connectivity index (χ1) is 14.6. The highest BCUT2D eigenvalue weighted by molar-refractivity contribution is 5.96. The van der Waals surface area contributed by atoms with Crippen LogP contribution in [-0.2, 0) is 11.2 Å². The van der Waals surface area contributed by atoms with Gasteiger partial charge in [0.25, 0.3) is 0 Å². The van der Waals surface area contributed by atoms with Crippen LogP contribution >= 0.6 is 0 Å². The van der Waals surface area contributed by atoms with Crippen LogP contribution in [0.5, 0.6) is 0 Å². The molecule has 1 aromatic carbocycles. The SMILES string of the molecule is Cc1coc2cc3oc(=O)c(CCC(=O)N4C[C@@]5(C)C[C@H]4CC(C)(C)C5)c(C)c3cc12. The second-order valence-electron chi connectivity index (χ2n) is 11.0. The Morgan fingerprint density at radius 2 is 1.90 bits per heavy atom. The molecule has 164 valence electrons. The van der Waals surface area contributed by atoms with Crippen molar-refractivity contribution in [3.05, 3.63) is 45.5 Å². The Kier molecular flexibility index (Phi) is 4.41. The van der Waals surface area contributed by atoms with Gasteiger partial charge in [0.15, 0.2) is 0 Å². The van der Waals surface area contributed by atoms with Crippen LogP contribution in [0.1, 0.15) is 63.1 Å². The Hall–Kier alpha value is -2.56. The number of benzene rings is 1. The van der Waals surface area contributed by atoms with Crippen molar-refractivity contribution < 1.29 is 13.6 Å². The van der Waals surface area contributed by atoms with Crippen molar-refractivity contribution in [1.29, 1.82) is 0 Å². The minimum absolute atomic E-state index is 0.159. The van der Waals surface area contributed by atoms with Gasteiger partial charge in [-0.25, -0.2) is 4.79 Å². The molecule has 1 aliphatic heterocycles. The van der Waals surface area contributed by atoms with Crippen molar-refractivity contribution in [2.75, 3.05) is 6.54 Å². The number of hydrogen-bond acceptors (Lipinski definition) is 4. The third-order valence-electron chi connectivity index (χ3n) is 7.50. The number of amides is 1. The van der Waals surface area contributed by atoms with Crippen LogP contribution in [0.15, 0.2) is 32.0 Å². The predicted octanol–water partition coefficient (Wildman–Crippen LogP) is 5.52. The minimum atomic E-state index is -0.353. The standard InChI is InChI=1S/C26H31NO4/c1-15-12-30-21-9-22-20(8-19(15)21)16(2)18(24(29)31-22)6-7-23(28)27-14-26(5)11-17(27)10-25(3,4)13-26/h8-9,12,17H,6-7,10-11,13-14H2,1-5H3/t17-,26+/m1/s1. The van der Waals surface area contributed by atoms with Gasteiger partial charge in [-0.05, 0) is 67.6 Å². The van der Waals surface area contributed by atoms with Gasteiger partial charge in [-0.15, -0.1) is 0 Å². The van der Waals surface area contributed by atoms with E-state index in [1.165, 1.54) is 0 Å². The highest BCUT2D eigenvalue weighted by atomic mass is 16.4.